The van der Waals surface area contributed by atoms with Gasteiger partial charge in [0.2, 0.25) is 5.91 Å². The molecule has 4 aliphatic rings. The number of nitrogens with zero attached hydrogens (tertiary/aromatic N) is 4. The molecule has 1 saturated carbocycles. The van der Waals surface area contributed by atoms with Gasteiger partial charge < -0.3 is 5.32 Å². The zero-order chi connectivity index (χ0) is 19.6. The smallest absolute Gasteiger partial charge is 0.224 e. The molecule has 0 radical (unpaired) electrons. The number of aromatic nitrogens is 3. The Kier molecular flexibility index (Phi) is 5.36. The molecule has 1 amide bonds. The average Bonchev–Trinajstić information content (AvgIpc) is 3.24. The highest BCUT2D eigenvalue weighted by atomic mass is 16.2. The van der Waals surface area contributed by atoms with E-state index in [4.69, 9.17) is 0 Å². The van der Waals surface area contributed by atoms with Crippen LogP contribution in [-0.4, -0.2) is 51.0 Å². The van der Waals surface area contributed by atoms with Crippen LogP contribution in [0.1, 0.15) is 44.9 Å². The molecule has 3 aliphatic heterocycles. The molecule has 2 aromatic rings. The molecule has 1 aromatic heterocycles. The predicted molar refractivity (Wildman–Crippen MR) is 112 cm³/mol. The second-order valence-corrected chi connectivity index (χ2v) is 9.08. The fraction of sp³-hybridized carbons (Fsp3) is 0.609. The summed E-state index contributed by atoms with van der Waals surface area (Å²) < 4.78 is 1.98. The van der Waals surface area contributed by atoms with Gasteiger partial charge in [-0.25, -0.2) is 0 Å². The van der Waals surface area contributed by atoms with Crippen molar-refractivity contribution in [2.45, 2.75) is 63.6 Å². The molecule has 0 spiro atoms. The van der Waals surface area contributed by atoms with Gasteiger partial charge in [-0.3, -0.25) is 14.4 Å². The van der Waals surface area contributed by atoms with Gasteiger partial charge in [0.05, 0.1) is 18.7 Å². The number of carbonyl (C=O) groups is 1. The van der Waals surface area contributed by atoms with Gasteiger partial charge in [-0.05, 0) is 38.1 Å². The molecule has 3 saturated heterocycles. The van der Waals surface area contributed by atoms with Crippen molar-refractivity contribution in [1.82, 2.24) is 25.2 Å². The van der Waals surface area contributed by atoms with E-state index in [0.29, 0.717) is 23.9 Å². The van der Waals surface area contributed by atoms with Crippen molar-refractivity contribution in [1.29, 1.82) is 0 Å². The van der Waals surface area contributed by atoms with Crippen molar-refractivity contribution in [3.8, 4) is 11.3 Å². The van der Waals surface area contributed by atoms with E-state index in [9.17, 15) is 4.79 Å². The highest BCUT2D eigenvalue weighted by molar-refractivity contribution is 5.79. The molecule has 29 heavy (non-hydrogen) atoms. The molecule has 2 bridgehead atoms. The van der Waals surface area contributed by atoms with Crippen LogP contribution < -0.4 is 5.32 Å². The molecular formula is C23H31N5O. The zero-order valence-corrected chi connectivity index (χ0v) is 17.0. The van der Waals surface area contributed by atoms with Gasteiger partial charge in [-0.15, -0.1) is 5.10 Å². The highest BCUT2D eigenvalue weighted by Gasteiger charge is 2.43. The second kappa shape index (κ2) is 8.27. The monoisotopic (exact) mass is 393 g/mol. The summed E-state index contributed by atoms with van der Waals surface area (Å²) in [6.07, 6.45) is 10.4. The van der Waals surface area contributed by atoms with Crippen LogP contribution in [0.3, 0.4) is 0 Å². The molecule has 6 heteroatoms. The quantitative estimate of drug-likeness (QED) is 0.848. The van der Waals surface area contributed by atoms with Crippen LogP contribution in [0.15, 0.2) is 36.5 Å². The number of benzene rings is 1. The van der Waals surface area contributed by atoms with Gasteiger partial charge in [0.15, 0.2) is 0 Å². The molecule has 4 fully saturated rings. The molecule has 1 aromatic carbocycles. The van der Waals surface area contributed by atoms with Gasteiger partial charge >= 0.3 is 0 Å². The predicted octanol–water partition coefficient (Wildman–Crippen LogP) is 3.10. The van der Waals surface area contributed by atoms with Crippen LogP contribution in [0.2, 0.25) is 0 Å². The number of carbonyl (C=O) groups excluding carboxylic acids is 1. The first-order valence-electron chi connectivity index (χ1n) is 11.3. The van der Waals surface area contributed by atoms with Crippen LogP contribution in [-0.2, 0) is 11.3 Å². The maximum atomic E-state index is 12.9. The summed E-state index contributed by atoms with van der Waals surface area (Å²) in [4.78, 5) is 15.4. The van der Waals surface area contributed by atoms with Gasteiger partial charge in [0.25, 0.3) is 0 Å². The molecular weight excluding hydrogens is 362 g/mol. The largest absolute Gasteiger partial charge is 0.353 e. The third kappa shape index (κ3) is 4.08. The number of hydrogen-bond donors (Lipinski definition) is 1. The summed E-state index contributed by atoms with van der Waals surface area (Å²) in [5, 5.41) is 12.1. The summed E-state index contributed by atoms with van der Waals surface area (Å²) in [6.45, 7) is 2.85. The molecule has 1 N–H and O–H groups in total. The molecule has 4 atom stereocenters. The minimum atomic E-state index is 0.164. The third-order valence-electron chi connectivity index (χ3n) is 7.17. The highest BCUT2D eigenvalue weighted by Crippen LogP contribution is 2.37. The third-order valence-corrected chi connectivity index (χ3v) is 7.17. The maximum absolute atomic E-state index is 12.9. The van der Waals surface area contributed by atoms with Crippen LogP contribution in [0.5, 0.6) is 0 Å². The zero-order valence-electron chi connectivity index (χ0n) is 17.0. The fourth-order valence-electron chi connectivity index (χ4n) is 5.53. The number of rotatable bonds is 5. The topological polar surface area (TPSA) is 63.1 Å². The normalized spacial score (nSPS) is 29.7. The molecule has 6 rings (SSSR count). The first-order valence-corrected chi connectivity index (χ1v) is 11.3. The SMILES string of the molecule is O=C(NC1CCCCC1)C1CN2CCC1CC2Cn1cc(-c2ccccc2)nn1. The number of fused-ring (bicyclic) bond motifs is 3. The minimum absolute atomic E-state index is 0.164. The molecule has 4 unspecified atom stereocenters. The van der Waals surface area contributed by atoms with Crippen molar-refractivity contribution in [3.05, 3.63) is 36.5 Å². The summed E-state index contributed by atoms with van der Waals surface area (Å²) >= 11 is 0. The van der Waals surface area contributed by atoms with E-state index in [1.165, 1.54) is 19.3 Å². The van der Waals surface area contributed by atoms with Crippen molar-refractivity contribution in [2.24, 2.45) is 11.8 Å². The summed E-state index contributed by atoms with van der Waals surface area (Å²) in [5.74, 6) is 0.973. The van der Waals surface area contributed by atoms with E-state index in [1.807, 2.05) is 29.1 Å². The Morgan fingerprint density at radius 3 is 2.69 bits per heavy atom. The number of amides is 1. The van der Waals surface area contributed by atoms with Gasteiger partial charge in [-0.2, -0.15) is 0 Å². The Hall–Kier alpha value is -2.21. The number of piperidine rings is 3. The van der Waals surface area contributed by atoms with Gasteiger partial charge in [-0.1, -0.05) is 54.8 Å². The summed E-state index contributed by atoms with van der Waals surface area (Å²) in [5.41, 5.74) is 2.02. The van der Waals surface area contributed by atoms with E-state index >= 15 is 0 Å². The van der Waals surface area contributed by atoms with Crippen LogP contribution in [0, 0.1) is 11.8 Å². The van der Waals surface area contributed by atoms with Crippen LogP contribution >= 0.6 is 0 Å². The standard InChI is InChI=1S/C23H31N5O/c29-23(24-19-9-5-2-6-10-19)21-15-27-12-11-18(21)13-20(27)14-28-16-22(25-26-28)17-7-3-1-4-8-17/h1,3-4,7-8,16,18-21H,2,5-6,9-15H2,(H,24,29). The van der Waals surface area contributed by atoms with E-state index in [2.05, 4.69) is 32.7 Å². The lowest BCUT2D eigenvalue weighted by molar-refractivity contribution is -0.134. The lowest BCUT2D eigenvalue weighted by Gasteiger charge is -2.49. The summed E-state index contributed by atoms with van der Waals surface area (Å²) in [6, 6.07) is 11.1. The average molecular weight is 394 g/mol. The van der Waals surface area contributed by atoms with Gasteiger partial charge in [0.1, 0.15) is 5.69 Å². The fourth-order valence-corrected chi connectivity index (χ4v) is 5.53. The van der Waals surface area contributed by atoms with Crippen LogP contribution in [0.4, 0.5) is 0 Å². The van der Waals surface area contributed by atoms with E-state index < -0.39 is 0 Å². The molecule has 154 valence electrons. The Balaban J connectivity index is 1.19. The van der Waals surface area contributed by atoms with Crippen molar-refractivity contribution >= 4 is 5.91 Å². The minimum Gasteiger partial charge on any atom is -0.353 e. The Morgan fingerprint density at radius 1 is 1.10 bits per heavy atom. The molecule has 6 nitrogen and oxygen atoms in total. The lowest BCUT2D eigenvalue weighted by atomic mass is 9.75. The van der Waals surface area contributed by atoms with E-state index in [-0.39, 0.29) is 5.92 Å². The van der Waals surface area contributed by atoms with Gasteiger partial charge in [0, 0.05) is 24.2 Å². The van der Waals surface area contributed by atoms with Crippen LogP contribution in [0.25, 0.3) is 11.3 Å². The van der Waals surface area contributed by atoms with E-state index in [0.717, 1.165) is 56.6 Å². The van der Waals surface area contributed by atoms with Crippen molar-refractivity contribution in [3.63, 3.8) is 0 Å². The first kappa shape index (κ1) is 18.8. The van der Waals surface area contributed by atoms with Crippen molar-refractivity contribution < 1.29 is 4.79 Å². The maximum Gasteiger partial charge on any atom is 0.224 e. The van der Waals surface area contributed by atoms with E-state index in [1.54, 1.807) is 0 Å². The Morgan fingerprint density at radius 2 is 1.93 bits per heavy atom. The Bertz CT molecular complexity index is 829. The van der Waals surface area contributed by atoms with Crippen molar-refractivity contribution in [2.75, 3.05) is 13.1 Å². The summed E-state index contributed by atoms with van der Waals surface area (Å²) in [7, 11) is 0. The number of nitrogens with one attached hydrogen (secondary N) is 1. The number of hydrogen-bond acceptors (Lipinski definition) is 4. The second-order valence-electron chi connectivity index (χ2n) is 9.08. The first-order chi connectivity index (χ1) is 14.3. The molecule has 1 aliphatic carbocycles. The Labute approximate surface area is 172 Å². The molecule has 4 heterocycles. The lowest BCUT2D eigenvalue weighted by Crippen LogP contribution is -2.58.